The topological polar surface area (TPSA) is 52.6 Å². The van der Waals surface area contributed by atoms with Crippen molar-refractivity contribution in [1.82, 2.24) is 0 Å². The van der Waals surface area contributed by atoms with E-state index >= 15 is 0 Å². The van der Waals surface area contributed by atoms with E-state index in [-0.39, 0.29) is 6.61 Å². The third-order valence-electron chi connectivity index (χ3n) is 1.10. The van der Waals surface area contributed by atoms with Gasteiger partial charge in [0.05, 0.1) is 12.7 Å². The summed E-state index contributed by atoms with van der Waals surface area (Å²) in [5.74, 6) is -4.65. The SMILES string of the molecule is CCOC(=O)C(=O)OCC(F)=CC(F)(F)F. The summed E-state index contributed by atoms with van der Waals surface area (Å²) in [6.07, 6.45) is -5.52. The highest BCUT2D eigenvalue weighted by Gasteiger charge is 2.26. The Morgan fingerprint density at radius 1 is 1.19 bits per heavy atom. The van der Waals surface area contributed by atoms with Gasteiger partial charge in [0.25, 0.3) is 0 Å². The van der Waals surface area contributed by atoms with Crippen LogP contribution in [0.5, 0.6) is 0 Å². The summed E-state index contributed by atoms with van der Waals surface area (Å²) < 4.78 is 55.2. The van der Waals surface area contributed by atoms with Gasteiger partial charge >= 0.3 is 18.1 Å². The lowest BCUT2D eigenvalue weighted by Crippen LogP contribution is -2.21. The van der Waals surface area contributed by atoms with E-state index in [4.69, 9.17) is 0 Å². The van der Waals surface area contributed by atoms with Gasteiger partial charge in [0, 0.05) is 0 Å². The molecule has 0 heterocycles. The third kappa shape index (κ3) is 6.80. The highest BCUT2D eigenvalue weighted by atomic mass is 19.4. The van der Waals surface area contributed by atoms with Crippen molar-refractivity contribution < 1.29 is 36.6 Å². The van der Waals surface area contributed by atoms with Crippen molar-refractivity contribution in [2.75, 3.05) is 13.2 Å². The van der Waals surface area contributed by atoms with E-state index in [0.29, 0.717) is 0 Å². The molecule has 0 atom stereocenters. The van der Waals surface area contributed by atoms with Crippen molar-refractivity contribution in [1.29, 1.82) is 0 Å². The smallest absolute Gasteiger partial charge is 0.417 e. The average molecular weight is 244 g/mol. The first-order chi connectivity index (χ1) is 7.26. The van der Waals surface area contributed by atoms with Gasteiger partial charge in [0.1, 0.15) is 12.4 Å². The van der Waals surface area contributed by atoms with Crippen LogP contribution in [0.2, 0.25) is 0 Å². The van der Waals surface area contributed by atoms with Crippen LogP contribution in [-0.2, 0) is 19.1 Å². The van der Waals surface area contributed by atoms with Crippen molar-refractivity contribution in [3.8, 4) is 0 Å². The molecule has 0 N–H and O–H groups in total. The zero-order chi connectivity index (χ0) is 12.8. The fourth-order valence-electron chi connectivity index (χ4n) is 0.603. The summed E-state index contributed by atoms with van der Waals surface area (Å²) in [7, 11) is 0. The number of halogens is 4. The molecule has 0 aromatic carbocycles. The van der Waals surface area contributed by atoms with Crippen molar-refractivity contribution in [3.63, 3.8) is 0 Å². The van der Waals surface area contributed by atoms with Crippen molar-refractivity contribution in [2.45, 2.75) is 13.1 Å². The fraction of sp³-hybridized carbons (Fsp3) is 0.500. The number of carbonyl (C=O) groups is 2. The Bertz CT molecular complexity index is 295. The molecular weight excluding hydrogens is 236 g/mol. The van der Waals surface area contributed by atoms with Crippen LogP contribution >= 0.6 is 0 Å². The summed E-state index contributed by atoms with van der Waals surface area (Å²) in [5.41, 5.74) is 0. The number of carbonyl (C=O) groups excluding carboxylic acids is 2. The van der Waals surface area contributed by atoms with E-state index in [1.807, 2.05) is 0 Å². The molecule has 0 fully saturated rings. The summed E-state index contributed by atoms with van der Waals surface area (Å²) >= 11 is 0. The largest absolute Gasteiger partial charge is 0.458 e. The molecule has 0 spiro atoms. The molecule has 0 amide bonds. The van der Waals surface area contributed by atoms with E-state index in [2.05, 4.69) is 9.47 Å². The maximum absolute atomic E-state index is 12.4. The lowest BCUT2D eigenvalue weighted by Gasteiger charge is -2.03. The van der Waals surface area contributed by atoms with Gasteiger partial charge in [-0.05, 0) is 6.92 Å². The molecule has 0 unspecified atom stereocenters. The first-order valence-corrected chi connectivity index (χ1v) is 4.04. The minimum Gasteiger partial charge on any atom is -0.458 e. The highest BCUT2D eigenvalue weighted by molar-refractivity contribution is 6.29. The maximum Gasteiger partial charge on any atom is 0.417 e. The first-order valence-electron chi connectivity index (χ1n) is 4.04. The Hall–Kier alpha value is -1.60. The van der Waals surface area contributed by atoms with Gasteiger partial charge in [0.2, 0.25) is 0 Å². The number of allylic oxidation sites excluding steroid dienone is 1. The van der Waals surface area contributed by atoms with Crippen LogP contribution in [-0.4, -0.2) is 31.3 Å². The molecule has 0 rings (SSSR count). The molecule has 0 aliphatic carbocycles. The Morgan fingerprint density at radius 3 is 2.12 bits per heavy atom. The van der Waals surface area contributed by atoms with Crippen LogP contribution < -0.4 is 0 Å². The minimum absolute atomic E-state index is 0.102. The van der Waals surface area contributed by atoms with Gasteiger partial charge < -0.3 is 9.47 Å². The third-order valence-corrected chi connectivity index (χ3v) is 1.10. The second-order valence-corrected chi connectivity index (χ2v) is 2.43. The van der Waals surface area contributed by atoms with E-state index < -0.39 is 36.6 Å². The molecule has 92 valence electrons. The van der Waals surface area contributed by atoms with E-state index in [1.165, 1.54) is 6.92 Å². The molecule has 16 heavy (non-hydrogen) atoms. The molecule has 0 aliphatic rings. The first kappa shape index (κ1) is 14.4. The number of hydrogen-bond acceptors (Lipinski definition) is 4. The molecule has 0 aromatic heterocycles. The van der Waals surface area contributed by atoms with Crippen LogP contribution in [0.3, 0.4) is 0 Å². The lowest BCUT2D eigenvalue weighted by molar-refractivity contribution is -0.167. The molecule has 0 radical (unpaired) electrons. The summed E-state index contributed by atoms with van der Waals surface area (Å²) in [6.45, 7) is 0.0429. The number of ether oxygens (including phenoxy) is 2. The summed E-state index contributed by atoms with van der Waals surface area (Å²) in [4.78, 5) is 21.2. The molecule has 0 aromatic rings. The van der Waals surface area contributed by atoms with E-state index in [1.54, 1.807) is 0 Å². The van der Waals surface area contributed by atoms with Gasteiger partial charge in [0.15, 0.2) is 0 Å². The van der Waals surface area contributed by atoms with Crippen molar-refractivity contribution in [2.24, 2.45) is 0 Å². The Labute approximate surface area is 87.8 Å². The number of hydrogen-bond donors (Lipinski definition) is 0. The monoisotopic (exact) mass is 244 g/mol. The predicted octanol–water partition coefficient (Wildman–Crippen LogP) is 1.51. The molecule has 0 bridgehead atoms. The molecule has 8 heteroatoms. The van der Waals surface area contributed by atoms with Crippen molar-refractivity contribution >= 4 is 11.9 Å². The van der Waals surface area contributed by atoms with Gasteiger partial charge in [-0.2, -0.15) is 13.2 Å². The second-order valence-electron chi connectivity index (χ2n) is 2.43. The molecule has 0 aliphatic heterocycles. The fourth-order valence-corrected chi connectivity index (χ4v) is 0.603. The Kier molecular flexibility index (Phi) is 5.48. The Balaban J connectivity index is 4.11. The van der Waals surface area contributed by atoms with Crippen molar-refractivity contribution in [3.05, 3.63) is 11.9 Å². The van der Waals surface area contributed by atoms with Crippen LogP contribution in [0.25, 0.3) is 0 Å². The maximum atomic E-state index is 12.4. The summed E-state index contributed by atoms with van der Waals surface area (Å²) in [6, 6.07) is 0. The van der Waals surface area contributed by atoms with Crippen LogP contribution in [0, 0.1) is 0 Å². The standard InChI is InChI=1S/C8H8F4O4/c1-2-15-6(13)7(14)16-4-5(9)3-8(10,11)12/h3H,2,4H2,1H3. The van der Waals surface area contributed by atoms with Gasteiger partial charge in [-0.25, -0.2) is 14.0 Å². The van der Waals surface area contributed by atoms with Crippen LogP contribution in [0.4, 0.5) is 17.6 Å². The minimum atomic E-state index is -4.85. The zero-order valence-electron chi connectivity index (χ0n) is 8.14. The van der Waals surface area contributed by atoms with Gasteiger partial charge in [-0.1, -0.05) is 0 Å². The number of alkyl halides is 3. The lowest BCUT2D eigenvalue weighted by atomic mass is 10.5. The number of rotatable bonds is 3. The summed E-state index contributed by atoms with van der Waals surface area (Å²) in [5, 5.41) is 0. The Morgan fingerprint density at radius 2 is 1.69 bits per heavy atom. The van der Waals surface area contributed by atoms with Crippen LogP contribution in [0.1, 0.15) is 6.92 Å². The molecule has 4 nitrogen and oxygen atoms in total. The second kappa shape index (κ2) is 6.09. The highest BCUT2D eigenvalue weighted by Crippen LogP contribution is 2.19. The zero-order valence-corrected chi connectivity index (χ0v) is 8.14. The molecule has 0 saturated carbocycles. The van der Waals surface area contributed by atoms with Gasteiger partial charge in [-0.15, -0.1) is 0 Å². The molecule has 0 saturated heterocycles. The number of esters is 2. The predicted molar refractivity (Wildman–Crippen MR) is 42.8 cm³/mol. The van der Waals surface area contributed by atoms with Crippen LogP contribution in [0.15, 0.2) is 11.9 Å². The van der Waals surface area contributed by atoms with E-state index in [9.17, 15) is 27.2 Å². The normalized spacial score (nSPS) is 12.2. The molecular formula is C8H8F4O4. The average Bonchev–Trinajstić information content (AvgIpc) is 2.11. The quantitative estimate of drug-likeness (QED) is 0.429. The van der Waals surface area contributed by atoms with Gasteiger partial charge in [-0.3, -0.25) is 0 Å². The van der Waals surface area contributed by atoms with E-state index in [0.717, 1.165) is 0 Å².